The van der Waals surface area contributed by atoms with E-state index in [-0.39, 0.29) is 16.2 Å². The maximum atomic E-state index is 12.6. The Morgan fingerprint density at radius 1 is 1.45 bits per heavy atom. The molecule has 1 aliphatic rings. The average molecular weight is 317 g/mol. The maximum Gasteiger partial charge on any atom is 0.264 e. The van der Waals surface area contributed by atoms with E-state index in [4.69, 9.17) is 5.14 Å². The SMILES string of the molecule is Cc1cc(S(N)(=O)=O)sc1C(=O)N1CCN(C)C[C@H]1C. The minimum Gasteiger partial charge on any atom is -0.333 e. The Morgan fingerprint density at radius 3 is 2.60 bits per heavy atom. The Bertz CT molecular complexity index is 624. The van der Waals surface area contributed by atoms with Gasteiger partial charge in [-0.15, -0.1) is 11.3 Å². The molecule has 0 radical (unpaired) electrons. The van der Waals surface area contributed by atoms with Gasteiger partial charge in [0.1, 0.15) is 4.21 Å². The first kappa shape index (κ1) is 15.4. The van der Waals surface area contributed by atoms with Crippen LogP contribution in [0.5, 0.6) is 0 Å². The van der Waals surface area contributed by atoms with Gasteiger partial charge in [0.2, 0.25) is 10.0 Å². The molecule has 0 saturated carbocycles. The van der Waals surface area contributed by atoms with Gasteiger partial charge < -0.3 is 9.80 Å². The van der Waals surface area contributed by atoms with Gasteiger partial charge in [0.25, 0.3) is 5.91 Å². The fourth-order valence-corrected chi connectivity index (χ4v) is 4.29. The number of rotatable bonds is 2. The van der Waals surface area contributed by atoms with Crippen LogP contribution in [0, 0.1) is 6.92 Å². The van der Waals surface area contributed by atoms with Crippen LogP contribution in [0.1, 0.15) is 22.2 Å². The van der Waals surface area contributed by atoms with Crippen LogP contribution in [-0.2, 0) is 10.0 Å². The predicted molar refractivity (Wildman–Crippen MR) is 78.4 cm³/mol. The molecule has 6 nitrogen and oxygen atoms in total. The van der Waals surface area contributed by atoms with Crippen LogP contribution in [0.2, 0.25) is 0 Å². The van der Waals surface area contributed by atoms with Gasteiger partial charge in [-0.3, -0.25) is 4.79 Å². The number of likely N-dealkylation sites (N-methyl/N-ethyl adjacent to an activating group) is 1. The molecular formula is C12H19N3O3S2. The van der Waals surface area contributed by atoms with Gasteiger partial charge >= 0.3 is 0 Å². The van der Waals surface area contributed by atoms with E-state index in [1.807, 2.05) is 14.0 Å². The molecule has 0 aliphatic carbocycles. The number of carbonyl (C=O) groups excluding carboxylic acids is 1. The molecule has 1 aliphatic heterocycles. The van der Waals surface area contributed by atoms with Crippen molar-refractivity contribution in [2.75, 3.05) is 26.7 Å². The van der Waals surface area contributed by atoms with Crippen molar-refractivity contribution in [2.45, 2.75) is 24.1 Å². The number of carbonyl (C=O) groups is 1. The fraction of sp³-hybridized carbons (Fsp3) is 0.583. The lowest BCUT2D eigenvalue weighted by atomic mass is 10.1. The Balaban J connectivity index is 2.28. The summed E-state index contributed by atoms with van der Waals surface area (Å²) in [6.45, 7) is 6.02. The van der Waals surface area contributed by atoms with Crippen molar-refractivity contribution in [3.05, 3.63) is 16.5 Å². The number of hydrogen-bond acceptors (Lipinski definition) is 5. The van der Waals surface area contributed by atoms with Crippen LogP contribution in [0.15, 0.2) is 10.3 Å². The molecular weight excluding hydrogens is 298 g/mol. The lowest BCUT2D eigenvalue weighted by molar-refractivity contribution is 0.0538. The molecule has 0 bridgehead atoms. The third kappa shape index (κ3) is 3.03. The summed E-state index contributed by atoms with van der Waals surface area (Å²) in [5, 5.41) is 5.11. The molecule has 0 aromatic carbocycles. The zero-order chi connectivity index (χ0) is 15.1. The molecule has 0 unspecified atom stereocenters. The monoisotopic (exact) mass is 317 g/mol. The highest BCUT2D eigenvalue weighted by Gasteiger charge is 2.29. The first-order valence-electron chi connectivity index (χ1n) is 6.33. The summed E-state index contributed by atoms with van der Waals surface area (Å²) in [4.78, 5) is 17.0. The van der Waals surface area contributed by atoms with Gasteiger partial charge in [-0.1, -0.05) is 0 Å². The number of hydrogen-bond donors (Lipinski definition) is 1. The van der Waals surface area contributed by atoms with Crippen LogP contribution in [0.3, 0.4) is 0 Å². The molecule has 1 aromatic rings. The number of thiophene rings is 1. The fourth-order valence-electron chi connectivity index (χ4n) is 2.38. The van der Waals surface area contributed by atoms with Crippen LogP contribution in [0.4, 0.5) is 0 Å². The second-order valence-corrected chi connectivity index (χ2v) is 8.07. The molecule has 2 heterocycles. The summed E-state index contributed by atoms with van der Waals surface area (Å²) in [6.07, 6.45) is 0. The molecule has 1 fully saturated rings. The van der Waals surface area contributed by atoms with E-state index >= 15 is 0 Å². The van der Waals surface area contributed by atoms with Gasteiger partial charge in [0.05, 0.1) is 4.88 Å². The van der Waals surface area contributed by atoms with Crippen molar-refractivity contribution in [3.63, 3.8) is 0 Å². The smallest absolute Gasteiger partial charge is 0.264 e. The molecule has 1 aromatic heterocycles. The third-order valence-corrected chi connectivity index (χ3v) is 6.11. The summed E-state index contributed by atoms with van der Waals surface area (Å²) >= 11 is 0.953. The molecule has 20 heavy (non-hydrogen) atoms. The number of amides is 1. The number of nitrogens with two attached hydrogens (primary N) is 1. The Kier molecular flexibility index (Phi) is 4.19. The van der Waals surface area contributed by atoms with Crippen molar-refractivity contribution in [1.29, 1.82) is 0 Å². The van der Waals surface area contributed by atoms with Crippen molar-refractivity contribution in [2.24, 2.45) is 5.14 Å². The molecule has 112 valence electrons. The summed E-state index contributed by atoms with van der Waals surface area (Å²) in [7, 11) is -1.73. The van der Waals surface area contributed by atoms with Gasteiger partial charge in [-0.25, -0.2) is 13.6 Å². The van der Waals surface area contributed by atoms with E-state index in [0.717, 1.165) is 24.4 Å². The Labute approximate surface area is 123 Å². The normalized spacial score (nSPS) is 21.2. The number of nitrogens with zero attached hydrogens (tertiary/aromatic N) is 2. The van der Waals surface area contributed by atoms with Gasteiger partial charge in [0.15, 0.2) is 0 Å². The molecule has 8 heteroatoms. The lowest BCUT2D eigenvalue weighted by Crippen LogP contribution is -2.52. The Hall–Kier alpha value is -0.960. The topological polar surface area (TPSA) is 83.7 Å². The lowest BCUT2D eigenvalue weighted by Gasteiger charge is -2.38. The van der Waals surface area contributed by atoms with E-state index in [9.17, 15) is 13.2 Å². The third-order valence-electron chi connectivity index (χ3n) is 3.46. The second-order valence-electron chi connectivity index (χ2n) is 5.23. The van der Waals surface area contributed by atoms with Gasteiger partial charge in [0, 0.05) is 25.7 Å². The van der Waals surface area contributed by atoms with E-state index in [0.29, 0.717) is 17.0 Å². The van der Waals surface area contributed by atoms with Crippen molar-refractivity contribution < 1.29 is 13.2 Å². The first-order valence-corrected chi connectivity index (χ1v) is 8.69. The zero-order valence-electron chi connectivity index (χ0n) is 11.8. The number of aryl methyl sites for hydroxylation is 1. The number of sulfonamides is 1. The van der Waals surface area contributed by atoms with Crippen LogP contribution in [-0.4, -0.2) is 56.8 Å². The first-order chi connectivity index (χ1) is 9.20. The van der Waals surface area contributed by atoms with E-state index < -0.39 is 10.0 Å². The van der Waals surface area contributed by atoms with Gasteiger partial charge in [-0.05, 0) is 32.5 Å². The highest BCUT2D eigenvalue weighted by atomic mass is 32.2. The number of primary sulfonamides is 1. The van der Waals surface area contributed by atoms with E-state index in [1.54, 1.807) is 11.8 Å². The largest absolute Gasteiger partial charge is 0.333 e. The quantitative estimate of drug-likeness (QED) is 0.860. The minimum absolute atomic E-state index is 0.0418. The standard InChI is InChI=1S/C12H19N3O3S2/c1-8-6-10(20(13,17)18)19-11(8)12(16)15-5-4-14(3)7-9(15)2/h6,9H,4-5,7H2,1-3H3,(H2,13,17,18)/t9-/m1/s1. The molecule has 1 saturated heterocycles. The minimum atomic E-state index is -3.75. The molecule has 1 amide bonds. The highest BCUT2D eigenvalue weighted by molar-refractivity contribution is 7.91. The Morgan fingerprint density at radius 2 is 2.10 bits per heavy atom. The predicted octanol–water partition coefficient (Wildman–Crippen LogP) is 0.480. The van der Waals surface area contributed by atoms with E-state index in [2.05, 4.69) is 4.90 Å². The summed E-state index contributed by atoms with van der Waals surface area (Å²) in [6, 6.07) is 1.58. The number of piperazine rings is 1. The van der Waals surface area contributed by atoms with Crippen LogP contribution < -0.4 is 5.14 Å². The van der Waals surface area contributed by atoms with Crippen molar-refractivity contribution in [3.8, 4) is 0 Å². The summed E-state index contributed by atoms with van der Waals surface area (Å²) < 4.78 is 22.8. The molecule has 2 rings (SSSR count). The van der Waals surface area contributed by atoms with Crippen molar-refractivity contribution in [1.82, 2.24) is 9.80 Å². The average Bonchev–Trinajstić information content (AvgIpc) is 2.70. The van der Waals surface area contributed by atoms with E-state index in [1.165, 1.54) is 6.07 Å². The van der Waals surface area contributed by atoms with Crippen LogP contribution in [0.25, 0.3) is 0 Å². The second kappa shape index (κ2) is 5.44. The van der Waals surface area contributed by atoms with Crippen molar-refractivity contribution >= 4 is 27.3 Å². The highest BCUT2D eigenvalue weighted by Crippen LogP contribution is 2.27. The summed E-state index contributed by atoms with van der Waals surface area (Å²) in [5.74, 6) is -0.108. The molecule has 0 spiro atoms. The summed E-state index contributed by atoms with van der Waals surface area (Å²) in [5.41, 5.74) is 0.662. The zero-order valence-corrected chi connectivity index (χ0v) is 13.4. The molecule has 1 atom stereocenters. The van der Waals surface area contributed by atoms with Gasteiger partial charge in [-0.2, -0.15) is 0 Å². The maximum absolute atomic E-state index is 12.6. The van der Waals surface area contributed by atoms with Crippen LogP contribution >= 0.6 is 11.3 Å². The molecule has 2 N–H and O–H groups in total.